The number of carbonyl (C=O) groups is 2. The van der Waals surface area contributed by atoms with Crippen molar-refractivity contribution in [2.45, 2.75) is 57.3 Å². The molecule has 1 aromatic rings. The van der Waals surface area contributed by atoms with Gasteiger partial charge in [0.25, 0.3) is 0 Å². The van der Waals surface area contributed by atoms with E-state index in [9.17, 15) is 14.4 Å². The summed E-state index contributed by atoms with van der Waals surface area (Å²) in [6.07, 6.45) is -0.412. The zero-order valence-electron chi connectivity index (χ0n) is 16.7. The maximum absolute atomic E-state index is 13.1. The van der Waals surface area contributed by atoms with Crippen LogP contribution in [0.15, 0.2) is 48.2 Å². The molecule has 1 fully saturated rings. The first kappa shape index (κ1) is 22.1. The number of likely N-dealkylation sites (tertiary alicyclic amines) is 1. The van der Waals surface area contributed by atoms with Crippen molar-refractivity contribution in [1.82, 2.24) is 10.2 Å². The first-order valence-electron chi connectivity index (χ1n) is 9.01. The molecule has 150 valence electrons. The van der Waals surface area contributed by atoms with E-state index in [1.807, 2.05) is 44.9 Å². The van der Waals surface area contributed by atoms with Gasteiger partial charge in [0.15, 0.2) is 0 Å². The molecule has 0 radical (unpaired) electrons. The Kier molecular flexibility index (Phi) is 7.39. The number of hydrogen-bond donors (Lipinski definition) is 1. The monoisotopic (exact) mass is 450 g/mol. The average molecular weight is 449 g/mol. The second-order valence-electron chi connectivity index (χ2n) is 7.56. The first-order valence-corrected chi connectivity index (χ1v) is 11.1. The van der Waals surface area contributed by atoms with E-state index >= 15 is 0 Å². The van der Waals surface area contributed by atoms with Crippen molar-refractivity contribution in [2.75, 3.05) is 0 Å². The minimum atomic E-state index is -0.813. The fourth-order valence-electron chi connectivity index (χ4n) is 2.91. The van der Waals surface area contributed by atoms with Crippen molar-refractivity contribution < 1.29 is 19.1 Å². The summed E-state index contributed by atoms with van der Waals surface area (Å²) in [6, 6.07) is 9.81. The molecule has 0 aliphatic carbocycles. The summed E-state index contributed by atoms with van der Waals surface area (Å²) >= 11 is 0.115. The number of nitrogens with zero attached hydrogens (tertiary/aromatic N) is 1. The van der Waals surface area contributed by atoms with E-state index in [-0.39, 0.29) is 32.6 Å². The fraction of sp³-hybridized carbons (Fsp3) is 0.429. The van der Waals surface area contributed by atoms with E-state index in [1.165, 1.54) is 16.3 Å². The van der Waals surface area contributed by atoms with Gasteiger partial charge in [-0.15, -0.1) is 0 Å². The maximum atomic E-state index is 13.1. The van der Waals surface area contributed by atoms with Gasteiger partial charge in [-0.05, 0) is 0 Å². The van der Waals surface area contributed by atoms with Crippen LogP contribution in [-0.2, 0) is 19.1 Å². The van der Waals surface area contributed by atoms with Crippen molar-refractivity contribution in [3.8, 4) is 0 Å². The molecule has 0 saturated carbocycles. The molecule has 1 saturated heterocycles. The molecule has 2 atom stereocenters. The van der Waals surface area contributed by atoms with Crippen LogP contribution in [0.3, 0.4) is 0 Å². The number of amides is 2. The molecule has 7 heteroatoms. The van der Waals surface area contributed by atoms with Gasteiger partial charge in [0, 0.05) is 0 Å². The summed E-state index contributed by atoms with van der Waals surface area (Å²) in [5.74, 6) is 1.15. The van der Waals surface area contributed by atoms with E-state index in [0.29, 0.717) is 17.3 Å². The molecule has 6 nitrogen and oxygen atoms in total. The van der Waals surface area contributed by atoms with Crippen molar-refractivity contribution in [1.29, 1.82) is 0 Å². The molecule has 28 heavy (non-hydrogen) atoms. The second-order valence-corrected chi connectivity index (χ2v) is 9.86. The van der Waals surface area contributed by atoms with E-state index in [2.05, 4.69) is 24.0 Å². The van der Waals surface area contributed by atoms with Gasteiger partial charge in [0.1, 0.15) is 0 Å². The third-order valence-corrected chi connectivity index (χ3v) is 6.43. The van der Waals surface area contributed by atoms with E-state index < -0.39 is 17.7 Å². The van der Waals surface area contributed by atoms with Crippen LogP contribution in [0.2, 0.25) is 5.32 Å². The molecule has 1 aliphatic rings. The van der Waals surface area contributed by atoms with Crippen LogP contribution in [0.1, 0.15) is 34.1 Å². The quantitative estimate of drug-likeness (QED) is 0.407. The Balaban J connectivity index is 2.29. The van der Waals surface area contributed by atoms with Gasteiger partial charge >= 0.3 is 172 Å². The van der Waals surface area contributed by atoms with Gasteiger partial charge in [-0.1, -0.05) is 0 Å². The van der Waals surface area contributed by atoms with Crippen LogP contribution in [0, 0.1) is 0 Å². The van der Waals surface area contributed by atoms with Gasteiger partial charge in [-0.3, -0.25) is 0 Å². The summed E-state index contributed by atoms with van der Waals surface area (Å²) in [4.78, 5) is 37.5. The number of benzene rings is 1. The number of nitrogens with one attached hydrogen (secondary N) is 1. The summed E-state index contributed by atoms with van der Waals surface area (Å²) < 4.78 is 7.24. The zero-order valence-corrected chi connectivity index (χ0v) is 18.4. The van der Waals surface area contributed by atoms with Crippen molar-refractivity contribution in [2.24, 2.45) is 0 Å². The molecule has 1 heterocycles. The van der Waals surface area contributed by atoms with Crippen LogP contribution in [0.25, 0.3) is 0 Å². The Bertz CT molecular complexity index is 794. The SMILES string of the molecule is C=C(NC(C)=O)C(=O)N1[C@@H](C[Se]c2ccccc2)CC(=C=O)[C@@H]1OC(C)(C)C. The van der Waals surface area contributed by atoms with Crippen molar-refractivity contribution in [3.63, 3.8) is 0 Å². The van der Waals surface area contributed by atoms with E-state index in [0.717, 1.165) is 0 Å². The predicted molar refractivity (Wildman–Crippen MR) is 109 cm³/mol. The minimum absolute atomic E-state index is 0.0284. The molecule has 2 amide bonds. The summed E-state index contributed by atoms with van der Waals surface area (Å²) in [5.41, 5.74) is -0.188. The third kappa shape index (κ3) is 5.91. The van der Waals surface area contributed by atoms with Crippen LogP contribution in [0.5, 0.6) is 0 Å². The topological polar surface area (TPSA) is 75.7 Å². The Morgan fingerprint density at radius 1 is 1.32 bits per heavy atom. The standard InChI is InChI=1S/C21H26N2O4Se/c1-14(22-15(2)25)19(26)23-17(13-28-18-9-7-6-8-10-18)11-16(12-24)20(23)27-21(3,4)5/h6-10,17,20H,1,11,13H2,2-5H3,(H,22,25)/t17-,20+/m1/s1. The summed E-state index contributed by atoms with van der Waals surface area (Å²) in [5, 5.41) is 3.16. The second kappa shape index (κ2) is 9.35. The molecule has 1 N–H and O–H groups in total. The Morgan fingerprint density at radius 3 is 2.50 bits per heavy atom. The molecule has 1 aliphatic heterocycles. The zero-order chi connectivity index (χ0) is 20.9. The van der Waals surface area contributed by atoms with Crippen molar-refractivity contribution in [3.05, 3.63) is 48.2 Å². The third-order valence-electron chi connectivity index (χ3n) is 4.00. The van der Waals surface area contributed by atoms with Gasteiger partial charge in [0.2, 0.25) is 0 Å². The van der Waals surface area contributed by atoms with Crippen LogP contribution < -0.4 is 9.78 Å². The Morgan fingerprint density at radius 2 is 1.96 bits per heavy atom. The molecule has 0 aromatic heterocycles. The van der Waals surface area contributed by atoms with Gasteiger partial charge in [-0.2, -0.15) is 0 Å². The van der Waals surface area contributed by atoms with Gasteiger partial charge in [0.05, 0.1) is 0 Å². The molecule has 0 unspecified atom stereocenters. The number of ether oxygens (including phenoxy) is 1. The van der Waals surface area contributed by atoms with Crippen molar-refractivity contribution >= 4 is 37.2 Å². The molecular formula is C21H26N2O4Se. The van der Waals surface area contributed by atoms with E-state index in [1.54, 1.807) is 0 Å². The van der Waals surface area contributed by atoms with Gasteiger partial charge < -0.3 is 0 Å². The van der Waals surface area contributed by atoms with Crippen LogP contribution in [-0.4, -0.2) is 55.5 Å². The van der Waals surface area contributed by atoms with Gasteiger partial charge in [-0.25, -0.2) is 0 Å². The summed E-state index contributed by atoms with van der Waals surface area (Å²) in [7, 11) is 0. The predicted octanol–water partition coefficient (Wildman–Crippen LogP) is 1.58. The average Bonchev–Trinajstić information content (AvgIpc) is 2.95. The molecule has 1 aromatic carbocycles. The molecule has 0 bridgehead atoms. The number of hydrogen-bond acceptors (Lipinski definition) is 4. The molecule has 2 rings (SSSR count). The first-order chi connectivity index (χ1) is 13.1. The van der Waals surface area contributed by atoms with Crippen LogP contribution >= 0.6 is 0 Å². The van der Waals surface area contributed by atoms with E-state index in [4.69, 9.17) is 4.74 Å². The summed E-state index contributed by atoms with van der Waals surface area (Å²) in [6.45, 7) is 10.6. The van der Waals surface area contributed by atoms with Crippen LogP contribution in [0.4, 0.5) is 0 Å². The molecular weight excluding hydrogens is 423 g/mol. The Hall–Kier alpha value is -2.17. The number of rotatable bonds is 6. The molecule has 0 spiro atoms. The normalized spacial score (nSPS) is 19.3. The fourth-order valence-corrected chi connectivity index (χ4v) is 5.03. The Labute approximate surface area is 172 Å². The number of carbonyl (C=O) groups excluding carboxylic acids is 3.